The lowest BCUT2D eigenvalue weighted by Crippen LogP contribution is -2.46. The van der Waals surface area contributed by atoms with Gasteiger partial charge in [-0.2, -0.15) is 0 Å². The lowest BCUT2D eigenvalue weighted by molar-refractivity contribution is -0.126. The lowest BCUT2D eigenvalue weighted by atomic mass is 9.99. The van der Waals surface area contributed by atoms with E-state index < -0.39 is 10.0 Å². The molecule has 7 heteroatoms. The summed E-state index contributed by atoms with van der Waals surface area (Å²) in [6, 6.07) is 9.16. The maximum atomic E-state index is 12.7. The predicted molar refractivity (Wildman–Crippen MR) is 95.3 cm³/mol. The van der Waals surface area contributed by atoms with Gasteiger partial charge < -0.3 is 10.1 Å². The van der Waals surface area contributed by atoms with E-state index in [0.717, 1.165) is 31.4 Å². The number of nitrogens with one attached hydrogen (secondary N) is 1. The zero-order valence-electron chi connectivity index (χ0n) is 14.4. The van der Waals surface area contributed by atoms with Gasteiger partial charge in [-0.1, -0.05) is 30.3 Å². The first-order valence-electron chi connectivity index (χ1n) is 8.95. The van der Waals surface area contributed by atoms with Gasteiger partial charge in [0.1, 0.15) is 0 Å². The molecule has 0 aromatic heterocycles. The Morgan fingerprint density at radius 1 is 1.20 bits per heavy atom. The number of sulfonamides is 1. The van der Waals surface area contributed by atoms with Gasteiger partial charge in [-0.05, 0) is 31.2 Å². The van der Waals surface area contributed by atoms with Crippen LogP contribution in [0.4, 0.5) is 0 Å². The summed E-state index contributed by atoms with van der Waals surface area (Å²) >= 11 is 0. The van der Waals surface area contributed by atoms with Crippen LogP contribution < -0.4 is 5.32 Å². The molecule has 2 aliphatic heterocycles. The van der Waals surface area contributed by atoms with E-state index in [1.54, 1.807) is 0 Å². The Balaban J connectivity index is 1.55. The normalized spacial score (nSPS) is 25.0. The van der Waals surface area contributed by atoms with Gasteiger partial charge in [-0.15, -0.1) is 0 Å². The molecule has 25 heavy (non-hydrogen) atoms. The molecule has 1 aromatic rings. The van der Waals surface area contributed by atoms with Crippen molar-refractivity contribution >= 4 is 15.9 Å². The summed E-state index contributed by atoms with van der Waals surface area (Å²) in [7, 11) is -3.40. The second-order valence-electron chi connectivity index (χ2n) is 6.82. The number of piperidine rings is 1. The minimum absolute atomic E-state index is 0.0158. The highest BCUT2D eigenvalue weighted by atomic mass is 32.2. The number of hydrogen-bond acceptors (Lipinski definition) is 4. The molecule has 3 rings (SSSR count). The minimum Gasteiger partial charge on any atom is -0.376 e. The quantitative estimate of drug-likeness (QED) is 0.828. The number of rotatable bonds is 6. The number of benzene rings is 1. The molecule has 0 aliphatic carbocycles. The minimum atomic E-state index is -3.40. The summed E-state index contributed by atoms with van der Waals surface area (Å²) in [5.41, 5.74) is 0.771. The van der Waals surface area contributed by atoms with E-state index in [2.05, 4.69) is 5.32 Å². The van der Waals surface area contributed by atoms with Crippen LogP contribution >= 0.6 is 0 Å². The highest BCUT2D eigenvalue weighted by Gasteiger charge is 2.32. The van der Waals surface area contributed by atoms with Crippen LogP contribution in [-0.2, 0) is 25.3 Å². The molecule has 1 amide bonds. The summed E-state index contributed by atoms with van der Waals surface area (Å²) in [5.74, 6) is -0.353. The average Bonchev–Trinajstić information content (AvgIpc) is 3.14. The van der Waals surface area contributed by atoms with Gasteiger partial charge in [0.05, 0.1) is 17.8 Å². The van der Waals surface area contributed by atoms with Crippen molar-refractivity contribution in [1.82, 2.24) is 9.62 Å². The van der Waals surface area contributed by atoms with Crippen molar-refractivity contribution in [2.24, 2.45) is 5.92 Å². The molecule has 2 atom stereocenters. The van der Waals surface area contributed by atoms with E-state index in [0.29, 0.717) is 19.5 Å². The van der Waals surface area contributed by atoms with Gasteiger partial charge in [0.2, 0.25) is 15.9 Å². The fourth-order valence-corrected chi connectivity index (χ4v) is 5.06. The molecule has 0 spiro atoms. The molecular formula is C18H26N2O4S. The van der Waals surface area contributed by atoms with Crippen LogP contribution in [0.25, 0.3) is 0 Å². The molecule has 2 aliphatic rings. The van der Waals surface area contributed by atoms with Crippen LogP contribution in [0.15, 0.2) is 30.3 Å². The SMILES string of the molecule is O=C(NC[C@@H]1CCCO1)[C@H]1CCCN(S(=O)(=O)Cc2ccccc2)C1. The Labute approximate surface area is 149 Å². The summed E-state index contributed by atoms with van der Waals surface area (Å²) < 4.78 is 32.3. The monoisotopic (exact) mass is 366 g/mol. The molecule has 0 bridgehead atoms. The second kappa shape index (κ2) is 8.29. The average molecular weight is 366 g/mol. The number of amides is 1. The second-order valence-corrected chi connectivity index (χ2v) is 8.79. The molecule has 1 N–H and O–H groups in total. The third-order valence-electron chi connectivity index (χ3n) is 4.87. The van der Waals surface area contributed by atoms with Gasteiger partial charge in [0.15, 0.2) is 0 Å². The Morgan fingerprint density at radius 3 is 2.72 bits per heavy atom. The molecule has 2 heterocycles. The third kappa shape index (κ3) is 5.03. The Hall–Kier alpha value is -1.44. The van der Waals surface area contributed by atoms with Crippen molar-refractivity contribution in [1.29, 1.82) is 0 Å². The van der Waals surface area contributed by atoms with E-state index in [-0.39, 0.29) is 30.2 Å². The zero-order valence-corrected chi connectivity index (χ0v) is 15.2. The maximum absolute atomic E-state index is 12.7. The number of carbonyl (C=O) groups excluding carboxylic acids is 1. The van der Waals surface area contributed by atoms with E-state index in [4.69, 9.17) is 4.74 Å². The van der Waals surface area contributed by atoms with Crippen molar-refractivity contribution < 1.29 is 17.9 Å². The van der Waals surface area contributed by atoms with Crippen LogP contribution in [0, 0.1) is 5.92 Å². The molecule has 1 aromatic carbocycles. The summed E-state index contributed by atoms with van der Waals surface area (Å²) in [5, 5.41) is 2.93. The van der Waals surface area contributed by atoms with Crippen LogP contribution in [-0.4, -0.2) is 51.0 Å². The first-order valence-corrected chi connectivity index (χ1v) is 10.6. The highest BCUT2D eigenvalue weighted by Crippen LogP contribution is 2.22. The Bertz CT molecular complexity index is 672. The van der Waals surface area contributed by atoms with Crippen molar-refractivity contribution in [2.45, 2.75) is 37.5 Å². The topological polar surface area (TPSA) is 75.7 Å². The first-order chi connectivity index (χ1) is 12.0. The van der Waals surface area contributed by atoms with Gasteiger partial charge >= 0.3 is 0 Å². The molecule has 2 fully saturated rings. The van der Waals surface area contributed by atoms with Crippen LogP contribution in [0.2, 0.25) is 0 Å². The largest absolute Gasteiger partial charge is 0.376 e. The van der Waals surface area contributed by atoms with E-state index in [9.17, 15) is 13.2 Å². The molecule has 0 radical (unpaired) electrons. The summed E-state index contributed by atoms with van der Waals surface area (Å²) in [6.45, 7) is 2.04. The summed E-state index contributed by atoms with van der Waals surface area (Å²) in [4.78, 5) is 12.4. The molecule has 138 valence electrons. The summed E-state index contributed by atoms with van der Waals surface area (Å²) in [6.07, 6.45) is 3.56. The van der Waals surface area contributed by atoms with Crippen molar-refractivity contribution in [2.75, 3.05) is 26.2 Å². The molecule has 0 saturated carbocycles. The Morgan fingerprint density at radius 2 is 2.00 bits per heavy atom. The van der Waals surface area contributed by atoms with Crippen molar-refractivity contribution in [3.63, 3.8) is 0 Å². The first kappa shape index (κ1) is 18.4. The Kier molecular flexibility index (Phi) is 6.09. The van der Waals surface area contributed by atoms with E-state index in [1.807, 2.05) is 30.3 Å². The van der Waals surface area contributed by atoms with Crippen LogP contribution in [0.1, 0.15) is 31.2 Å². The zero-order chi connectivity index (χ0) is 17.7. The predicted octanol–water partition coefficient (Wildman–Crippen LogP) is 1.52. The van der Waals surface area contributed by atoms with Crippen LogP contribution in [0.3, 0.4) is 0 Å². The maximum Gasteiger partial charge on any atom is 0.224 e. The third-order valence-corrected chi connectivity index (χ3v) is 6.68. The smallest absolute Gasteiger partial charge is 0.224 e. The molecular weight excluding hydrogens is 340 g/mol. The van der Waals surface area contributed by atoms with Gasteiger partial charge in [-0.25, -0.2) is 12.7 Å². The van der Waals surface area contributed by atoms with Gasteiger partial charge in [0.25, 0.3) is 0 Å². The fourth-order valence-electron chi connectivity index (χ4n) is 3.45. The number of carbonyl (C=O) groups is 1. The van der Waals surface area contributed by atoms with E-state index in [1.165, 1.54) is 4.31 Å². The molecule has 2 saturated heterocycles. The number of nitrogens with zero attached hydrogens (tertiary/aromatic N) is 1. The molecule has 0 unspecified atom stereocenters. The standard InChI is InChI=1S/C18H26N2O4S/c21-18(19-12-17-9-5-11-24-17)16-8-4-10-20(13-16)25(22,23)14-15-6-2-1-3-7-15/h1-3,6-7,16-17H,4-5,8-14H2,(H,19,21)/t16-,17-/m0/s1. The number of hydrogen-bond donors (Lipinski definition) is 1. The molecule has 6 nitrogen and oxygen atoms in total. The van der Waals surface area contributed by atoms with Crippen LogP contribution in [0.5, 0.6) is 0 Å². The van der Waals surface area contributed by atoms with Gasteiger partial charge in [0, 0.05) is 26.2 Å². The van der Waals surface area contributed by atoms with Crippen molar-refractivity contribution in [3.05, 3.63) is 35.9 Å². The number of ether oxygens (including phenoxy) is 1. The van der Waals surface area contributed by atoms with E-state index >= 15 is 0 Å². The fraction of sp³-hybridized carbons (Fsp3) is 0.611. The highest BCUT2D eigenvalue weighted by molar-refractivity contribution is 7.88. The lowest BCUT2D eigenvalue weighted by Gasteiger charge is -2.31. The van der Waals surface area contributed by atoms with Crippen molar-refractivity contribution in [3.8, 4) is 0 Å². The van der Waals surface area contributed by atoms with Gasteiger partial charge in [-0.3, -0.25) is 4.79 Å².